The van der Waals surface area contributed by atoms with E-state index >= 15 is 0 Å². The van der Waals surface area contributed by atoms with Crippen LogP contribution in [0, 0.1) is 12.8 Å². The minimum atomic E-state index is 0.0909. The molecule has 0 aliphatic carbocycles. The smallest absolute Gasteiger partial charge is 0.177 e. The number of ketones is 1. The lowest BCUT2D eigenvalue weighted by Gasteiger charge is -2.32. The number of piperidine rings is 1. The molecule has 1 aliphatic rings. The summed E-state index contributed by atoms with van der Waals surface area (Å²) in [5.41, 5.74) is 2.27. The summed E-state index contributed by atoms with van der Waals surface area (Å²) in [6, 6.07) is 9.96. The highest BCUT2D eigenvalue weighted by Crippen LogP contribution is 2.26. The minimum absolute atomic E-state index is 0.0909. The molecule has 0 radical (unpaired) electrons. The fraction of sp³-hybridized carbons (Fsp3) is 0.333. The summed E-state index contributed by atoms with van der Waals surface area (Å²) in [6.45, 7) is 4.67. The first-order valence-electron chi connectivity index (χ1n) is 9.20. The van der Waals surface area contributed by atoms with Crippen molar-refractivity contribution in [3.8, 4) is 5.82 Å². The molecule has 27 heavy (non-hydrogen) atoms. The standard InChI is InChI=1S/C21H22ClN3OS/c1-15-8-11-27-21(15)20(26)16-4-2-9-24(13-16)14-18-5-3-10-25(18)19-7-6-17(22)12-23-19/h3,5-8,10-12,16H,2,4,9,13-14H2,1H3/t16-/m1/s1. The van der Waals surface area contributed by atoms with E-state index in [-0.39, 0.29) is 5.92 Å². The Hall–Kier alpha value is -1.95. The minimum Gasteiger partial charge on any atom is -0.304 e. The van der Waals surface area contributed by atoms with Crippen molar-refractivity contribution in [3.05, 3.63) is 69.3 Å². The number of aryl methyl sites for hydroxylation is 1. The van der Waals surface area contributed by atoms with Crippen molar-refractivity contribution < 1.29 is 4.79 Å². The van der Waals surface area contributed by atoms with E-state index in [1.54, 1.807) is 17.5 Å². The van der Waals surface area contributed by atoms with Crippen molar-refractivity contribution in [2.24, 2.45) is 5.92 Å². The Morgan fingerprint density at radius 2 is 2.22 bits per heavy atom. The van der Waals surface area contributed by atoms with Crippen molar-refractivity contribution in [3.63, 3.8) is 0 Å². The number of rotatable bonds is 5. The van der Waals surface area contributed by atoms with Gasteiger partial charge in [-0.3, -0.25) is 9.69 Å². The molecule has 6 heteroatoms. The molecular weight excluding hydrogens is 378 g/mol. The zero-order valence-corrected chi connectivity index (χ0v) is 16.8. The van der Waals surface area contributed by atoms with Gasteiger partial charge in [0.05, 0.1) is 9.90 Å². The Labute approximate surface area is 168 Å². The predicted molar refractivity (Wildman–Crippen MR) is 110 cm³/mol. The van der Waals surface area contributed by atoms with Crippen molar-refractivity contribution in [2.75, 3.05) is 13.1 Å². The first-order valence-corrected chi connectivity index (χ1v) is 10.5. The summed E-state index contributed by atoms with van der Waals surface area (Å²) in [5, 5.41) is 2.64. The van der Waals surface area contributed by atoms with E-state index < -0.39 is 0 Å². The molecule has 0 spiro atoms. The van der Waals surface area contributed by atoms with Crippen LogP contribution in [0.25, 0.3) is 5.82 Å². The summed E-state index contributed by atoms with van der Waals surface area (Å²) in [7, 11) is 0. The molecule has 1 fully saturated rings. The van der Waals surface area contributed by atoms with Gasteiger partial charge in [-0.05, 0) is 67.6 Å². The summed E-state index contributed by atoms with van der Waals surface area (Å²) in [4.78, 5) is 20.6. The predicted octanol–water partition coefficient (Wildman–Crippen LogP) is 4.99. The quantitative estimate of drug-likeness (QED) is 0.567. The Morgan fingerprint density at radius 3 is 2.96 bits per heavy atom. The van der Waals surface area contributed by atoms with Crippen LogP contribution in [0.2, 0.25) is 5.02 Å². The molecule has 0 bridgehead atoms. The normalized spacial score (nSPS) is 17.9. The SMILES string of the molecule is Cc1ccsc1C(=O)[C@@H]1CCCN(Cc2cccn2-c2ccc(Cl)cn2)C1. The zero-order chi connectivity index (χ0) is 18.8. The second kappa shape index (κ2) is 7.97. The number of aromatic nitrogens is 2. The molecule has 140 valence electrons. The molecule has 0 saturated carbocycles. The van der Waals surface area contributed by atoms with Crippen molar-refractivity contribution in [1.82, 2.24) is 14.5 Å². The molecule has 4 rings (SSSR count). The molecule has 3 aromatic rings. The first kappa shape index (κ1) is 18.4. The Morgan fingerprint density at radius 1 is 1.33 bits per heavy atom. The van der Waals surface area contributed by atoms with Crippen molar-refractivity contribution >= 4 is 28.7 Å². The number of hydrogen-bond donors (Lipinski definition) is 0. The van der Waals surface area contributed by atoms with Crippen LogP contribution in [-0.2, 0) is 6.54 Å². The molecule has 4 nitrogen and oxygen atoms in total. The van der Waals surface area contributed by atoms with Gasteiger partial charge in [0.25, 0.3) is 0 Å². The number of nitrogens with zero attached hydrogens (tertiary/aromatic N) is 3. The van der Waals surface area contributed by atoms with Crippen molar-refractivity contribution in [2.45, 2.75) is 26.3 Å². The van der Waals surface area contributed by atoms with E-state index in [1.165, 1.54) is 5.69 Å². The third-order valence-corrected chi connectivity index (χ3v) is 6.39. The molecule has 1 aliphatic heterocycles. The lowest BCUT2D eigenvalue weighted by atomic mass is 9.92. The van der Waals surface area contributed by atoms with Gasteiger partial charge in [-0.15, -0.1) is 11.3 Å². The molecule has 0 aromatic carbocycles. The summed E-state index contributed by atoms with van der Waals surface area (Å²) in [5.74, 6) is 1.26. The van der Waals surface area contributed by atoms with Gasteiger partial charge in [0.2, 0.25) is 0 Å². The fourth-order valence-corrected chi connectivity index (χ4v) is 4.79. The lowest BCUT2D eigenvalue weighted by Crippen LogP contribution is -2.38. The highest BCUT2D eigenvalue weighted by Gasteiger charge is 2.28. The topological polar surface area (TPSA) is 38.1 Å². The van der Waals surface area contributed by atoms with Gasteiger partial charge in [-0.2, -0.15) is 0 Å². The van der Waals surface area contributed by atoms with E-state index in [4.69, 9.17) is 11.6 Å². The maximum atomic E-state index is 12.9. The largest absolute Gasteiger partial charge is 0.304 e. The van der Waals surface area contributed by atoms with E-state index in [1.807, 2.05) is 42.8 Å². The molecule has 3 aromatic heterocycles. The van der Waals surface area contributed by atoms with Gasteiger partial charge in [-0.25, -0.2) is 4.98 Å². The maximum absolute atomic E-state index is 12.9. The summed E-state index contributed by atoms with van der Waals surface area (Å²) in [6.07, 6.45) is 5.72. The van der Waals surface area contributed by atoms with Gasteiger partial charge in [-0.1, -0.05) is 11.6 Å². The van der Waals surface area contributed by atoms with Crippen LogP contribution in [0.15, 0.2) is 48.1 Å². The number of likely N-dealkylation sites (tertiary alicyclic amines) is 1. The number of halogens is 1. The molecule has 0 N–H and O–H groups in total. The summed E-state index contributed by atoms with van der Waals surface area (Å²) < 4.78 is 2.09. The van der Waals surface area contributed by atoms with Gasteiger partial charge in [0, 0.05) is 37.1 Å². The van der Waals surface area contributed by atoms with Crippen LogP contribution >= 0.6 is 22.9 Å². The molecule has 4 heterocycles. The summed E-state index contributed by atoms with van der Waals surface area (Å²) >= 11 is 7.52. The van der Waals surface area contributed by atoms with Crippen LogP contribution in [0.5, 0.6) is 0 Å². The zero-order valence-electron chi connectivity index (χ0n) is 15.3. The van der Waals surface area contributed by atoms with E-state index in [0.29, 0.717) is 10.8 Å². The van der Waals surface area contributed by atoms with Gasteiger partial charge >= 0.3 is 0 Å². The van der Waals surface area contributed by atoms with Crippen LogP contribution < -0.4 is 0 Å². The number of hydrogen-bond acceptors (Lipinski definition) is 4. The van der Waals surface area contributed by atoms with Crippen LogP contribution in [0.1, 0.15) is 33.8 Å². The van der Waals surface area contributed by atoms with Crippen LogP contribution in [0.3, 0.4) is 0 Å². The third-order valence-electron chi connectivity index (χ3n) is 5.14. The fourth-order valence-electron chi connectivity index (χ4n) is 3.73. The highest BCUT2D eigenvalue weighted by molar-refractivity contribution is 7.12. The average Bonchev–Trinajstić information content (AvgIpc) is 3.31. The second-order valence-electron chi connectivity index (χ2n) is 7.08. The highest BCUT2D eigenvalue weighted by atomic mass is 35.5. The maximum Gasteiger partial charge on any atom is 0.177 e. The van der Waals surface area contributed by atoms with Gasteiger partial charge in [0.15, 0.2) is 5.78 Å². The molecular formula is C21H22ClN3OS. The first-order chi connectivity index (χ1) is 13.1. The average molecular weight is 400 g/mol. The Bertz CT molecular complexity index is 931. The van der Waals surface area contributed by atoms with Crippen LogP contribution in [-0.4, -0.2) is 33.3 Å². The molecule has 1 saturated heterocycles. The van der Waals surface area contributed by atoms with Gasteiger partial charge in [0.1, 0.15) is 5.82 Å². The monoisotopic (exact) mass is 399 g/mol. The molecule has 0 amide bonds. The Kier molecular flexibility index (Phi) is 5.43. The van der Waals surface area contributed by atoms with Crippen molar-refractivity contribution in [1.29, 1.82) is 0 Å². The molecule has 1 atom stereocenters. The van der Waals surface area contributed by atoms with E-state index in [0.717, 1.165) is 48.7 Å². The lowest BCUT2D eigenvalue weighted by molar-refractivity contribution is 0.0813. The second-order valence-corrected chi connectivity index (χ2v) is 8.43. The van der Waals surface area contributed by atoms with Gasteiger partial charge < -0.3 is 4.57 Å². The van der Waals surface area contributed by atoms with E-state index in [2.05, 4.69) is 20.5 Å². The number of carbonyl (C=O) groups excluding carboxylic acids is 1. The number of Topliss-reactive ketones (excluding diaryl/α,β-unsaturated/α-hetero) is 1. The van der Waals surface area contributed by atoms with E-state index in [9.17, 15) is 4.79 Å². The molecule has 0 unspecified atom stereocenters. The number of carbonyl (C=O) groups is 1. The Balaban J connectivity index is 1.47. The third kappa shape index (κ3) is 4.00. The van der Waals surface area contributed by atoms with Crippen LogP contribution in [0.4, 0.5) is 0 Å². The number of thiophene rings is 1. The number of pyridine rings is 1.